The highest BCUT2D eigenvalue weighted by Crippen LogP contribution is 2.27. The molecule has 0 aliphatic rings. The summed E-state index contributed by atoms with van der Waals surface area (Å²) in [5.74, 6) is 0. The minimum Gasteiger partial charge on any atom is -0.282 e. The molecule has 0 aliphatic heterocycles. The fourth-order valence-corrected chi connectivity index (χ4v) is 1.53. The number of hydrogen-bond acceptors (Lipinski definition) is 4. The van der Waals surface area contributed by atoms with Crippen LogP contribution in [0.2, 0.25) is 0 Å². The highest BCUT2D eigenvalue weighted by Gasteiger charge is 2.23. The molecule has 1 rings (SSSR count). The minimum absolute atomic E-state index is 0.322. The van der Waals surface area contributed by atoms with E-state index in [-0.39, 0.29) is 8.69 Å². The number of nitrogens with zero attached hydrogens (tertiary/aromatic N) is 1. The Hall–Kier alpha value is -0.310. The third-order valence-corrected chi connectivity index (χ3v) is 2.34. The SMILES string of the molecule is CC(C)(OP=O)c1cs[c]n1. The Kier molecular flexibility index (Phi) is 2.71. The molecule has 0 amide bonds. The van der Waals surface area contributed by atoms with Crippen molar-refractivity contribution in [3.8, 4) is 0 Å². The van der Waals surface area contributed by atoms with Gasteiger partial charge in [-0.25, -0.2) is 9.55 Å². The van der Waals surface area contributed by atoms with Crippen LogP contribution in [0.3, 0.4) is 0 Å². The second kappa shape index (κ2) is 3.39. The van der Waals surface area contributed by atoms with E-state index in [2.05, 4.69) is 10.5 Å². The Labute approximate surface area is 70.7 Å². The zero-order valence-corrected chi connectivity index (χ0v) is 7.91. The van der Waals surface area contributed by atoms with Gasteiger partial charge in [0.2, 0.25) is 0 Å². The van der Waals surface area contributed by atoms with E-state index >= 15 is 0 Å². The van der Waals surface area contributed by atoms with Crippen LogP contribution in [0.5, 0.6) is 0 Å². The smallest absolute Gasteiger partial charge is 0.282 e. The van der Waals surface area contributed by atoms with Crippen LogP contribution in [-0.2, 0) is 14.7 Å². The minimum atomic E-state index is -0.584. The largest absolute Gasteiger partial charge is 0.328 e. The third kappa shape index (κ3) is 2.06. The van der Waals surface area contributed by atoms with Crippen molar-refractivity contribution < 1.29 is 9.09 Å². The van der Waals surface area contributed by atoms with E-state index in [1.165, 1.54) is 11.3 Å². The van der Waals surface area contributed by atoms with Crippen LogP contribution in [-0.4, -0.2) is 4.98 Å². The Morgan fingerprint density at radius 3 is 3.00 bits per heavy atom. The summed E-state index contributed by atoms with van der Waals surface area (Å²) in [6.07, 6.45) is 0. The predicted octanol–water partition coefficient (Wildman–Crippen LogP) is 2.40. The molecule has 0 spiro atoms. The molecule has 0 fully saturated rings. The van der Waals surface area contributed by atoms with Gasteiger partial charge in [-0.3, -0.25) is 4.52 Å². The van der Waals surface area contributed by atoms with Gasteiger partial charge in [0.15, 0.2) is 5.51 Å². The van der Waals surface area contributed by atoms with Crippen LogP contribution in [0.4, 0.5) is 0 Å². The van der Waals surface area contributed by atoms with Crippen molar-refractivity contribution in [3.05, 3.63) is 16.6 Å². The first kappa shape index (κ1) is 8.78. The molecule has 0 aromatic carbocycles. The number of aromatic nitrogens is 1. The average Bonchev–Trinajstić information content (AvgIpc) is 2.37. The topological polar surface area (TPSA) is 39.2 Å². The molecule has 1 radical (unpaired) electrons. The van der Waals surface area contributed by atoms with Gasteiger partial charge in [0.05, 0.1) is 5.69 Å². The van der Waals surface area contributed by atoms with Crippen molar-refractivity contribution in [1.82, 2.24) is 4.98 Å². The standard InChI is InChI=1S/C6H7NO2PS/c1-6(2,9-10-8)5-3-11-4-7-5/h3H,1-2H3. The van der Waals surface area contributed by atoms with Crippen LogP contribution >= 0.6 is 20.0 Å². The lowest BCUT2D eigenvalue weighted by atomic mass is 10.1. The molecule has 0 unspecified atom stereocenters. The first-order chi connectivity index (χ1) is 5.17. The van der Waals surface area contributed by atoms with Gasteiger partial charge in [-0.2, -0.15) is 0 Å². The van der Waals surface area contributed by atoms with Gasteiger partial charge in [-0.1, -0.05) is 0 Å². The fraction of sp³-hybridized carbons (Fsp3) is 0.500. The van der Waals surface area contributed by atoms with E-state index in [4.69, 9.17) is 4.52 Å². The Morgan fingerprint density at radius 2 is 2.55 bits per heavy atom. The first-order valence-electron chi connectivity index (χ1n) is 2.99. The summed E-state index contributed by atoms with van der Waals surface area (Å²) in [6, 6.07) is 0. The molecule has 1 aromatic rings. The molecule has 0 saturated heterocycles. The van der Waals surface area contributed by atoms with Crippen molar-refractivity contribution in [1.29, 1.82) is 0 Å². The summed E-state index contributed by atoms with van der Waals surface area (Å²) in [4.78, 5) is 3.93. The molecule has 0 atom stereocenters. The molecule has 3 nitrogen and oxygen atoms in total. The molecule has 59 valence electrons. The van der Waals surface area contributed by atoms with Gasteiger partial charge in [-0.15, -0.1) is 11.3 Å². The Bertz CT molecular complexity index is 235. The number of rotatable bonds is 3. The molecule has 0 N–H and O–H groups in total. The van der Waals surface area contributed by atoms with Crippen molar-refractivity contribution in [2.75, 3.05) is 0 Å². The molecule has 1 aromatic heterocycles. The maximum Gasteiger partial charge on any atom is 0.328 e. The average molecular weight is 188 g/mol. The van der Waals surface area contributed by atoms with E-state index in [0.29, 0.717) is 0 Å². The van der Waals surface area contributed by atoms with Gasteiger partial charge in [0.1, 0.15) is 5.60 Å². The maximum atomic E-state index is 10.2. The third-order valence-electron chi connectivity index (χ3n) is 1.27. The van der Waals surface area contributed by atoms with Crippen LogP contribution < -0.4 is 0 Å². The van der Waals surface area contributed by atoms with E-state index < -0.39 is 5.60 Å². The van der Waals surface area contributed by atoms with Gasteiger partial charge in [0.25, 0.3) is 0 Å². The Balaban J connectivity index is 2.81. The molecule has 0 aliphatic carbocycles. The van der Waals surface area contributed by atoms with Gasteiger partial charge < -0.3 is 0 Å². The van der Waals surface area contributed by atoms with Gasteiger partial charge in [0, 0.05) is 5.38 Å². The lowest BCUT2D eigenvalue weighted by Crippen LogP contribution is -2.17. The highest BCUT2D eigenvalue weighted by atomic mass is 32.1. The molecule has 1 heterocycles. The lowest BCUT2D eigenvalue weighted by Gasteiger charge is -2.17. The number of hydrogen-bond donors (Lipinski definition) is 0. The van der Waals surface area contributed by atoms with Crippen molar-refractivity contribution >= 4 is 20.0 Å². The van der Waals surface area contributed by atoms with Crippen molar-refractivity contribution in [2.24, 2.45) is 0 Å². The second-order valence-corrected chi connectivity index (χ2v) is 3.49. The summed E-state index contributed by atoms with van der Waals surface area (Å²) >= 11 is 1.37. The normalized spacial score (nSPS) is 12.2. The summed E-state index contributed by atoms with van der Waals surface area (Å²) in [6.45, 7) is 3.61. The summed E-state index contributed by atoms with van der Waals surface area (Å²) in [7, 11) is -0.322. The molecular formula is C6H7NO2PS. The predicted molar refractivity (Wildman–Crippen MR) is 42.7 cm³/mol. The van der Waals surface area contributed by atoms with Gasteiger partial charge in [-0.05, 0) is 13.8 Å². The molecule has 0 bridgehead atoms. The van der Waals surface area contributed by atoms with Crippen LogP contribution in [0, 0.1) is 5.51 Å². The maximum absolute atomic E-state index is 10.2. The van der Waals surface area contributed by atoms with Crippen molar-refractivity contribution in [3.63, 3.8) is 0 Å². The van der Waals surface area contributed by atoms with Crippen molar-refractivity contribution in [2.45, 2.75) is 19.4 Å². The van der Waals surface area contributed by atoms with E-state index in [1.54, 1.807) is 13.8 Å². The van der Waals surface area contributed by atoms with E-state index in [9.17, 15) is 4.57 Å². The van der Waals surface area contributed by atoms with E-state index in [0.717, 1.165) is 5.69 Å². The lowest BCUT2D eigenvalue weighted by molar-refractivity contribution is 0.123. The summed E-state index contributed by atoms with van der Waals surface area (Å²) in [5, 5.41) is 1.82. The molecule has 0 saturated carbocycles. The Morgan fingerprint density at radius 1 is 1.82 bits per heavy atom. The van der Waals surface area contributed by atoms with Crippen LogP contribution in [0.25, 0.3) is 0 Å². The number of thiazole rings is 1. The monoisotopic (exact) mass is 188 g/mol. The summed E-state index contributed by atoms with van der Waals surface area (Å²) in [5.41, 5.74) is 2.87. The molecule has 5 heteroatoms. The van der Waals surface area contributed by atoms with Gasteiger partial charge >= 0.3 is 8.69 Å². The highest BCUT2D eigenvalue weighted by molar-refractivity contribution is 7.17. The van der Waals surface area contributed by atoms with Crippen LogP contribution in [0.15, 0.2) is 5.38 Å². The zero-order chi connectivity index (χ0) is 8.32. The molecule has 11 heavy (non-hydrogen) atoms. The van der Waals surface area contributed by atoms with Crippen LogP contribution in [0.1, 0.15) is 19.5 Å². The van der Waals surface area contributed by atoms with E-state index in [1.807, 2.05) is 5.38 Å². The first-order valence-corrected chi connectivity index (χ1v) is 4.60. The quantitative estimate of drug-likeness (QED) is 0.683. The molecular weight excluding hydrogens is 181 g/mol. The zero-order valence-electron chi connectivity index (χ0n) is 6.20. The summed E-state index contributed by atoms with van der Waals surface area (Å²) < 4.78 is 15.1. The second-order valence-electron chi connectivity index (χ2n) is 2.50. The fourth-order valence-electron chi connectivity index (χ4n) is 0.601.